The second-order valence-electron chi connectivity index (χ2n) is 6.60. The molecule has 1 N–H and O–H groups in total. The highest BCUT2D eigenvalue weighted by Gasteiger charge is 2.34. The van der Waals surface area contributed by atoms with Crippen molar-refractivity contribution in [1.82, 2.24) is 4.31 Å². The minimum atomic E-state index is -3.66. The van der Waals surface area contributed by atoms with Gasteiger partial charge in [0.15, 0.2) is 0 Å². The van der Waals surface area contributed by atoms with Crippen molar-refractivity contribution < 1.29 is 18.3 Å². The second kappa shape index (κ2) is 7.38. The molecule has 1 aliphatic rings. The Balaban J connectivity index is 1.83. The quantitative estimate of drug-likeness (QED) is 0.844. The molecule has 8 heteroatoms. The van der Waals surface area contributed by atoms with Gasteiger partial charge in [-0.2, -0.15) is 4.31 Å². The third-order valence-corrected chi connectivity index (χ3v) is 8.04. The number of carbonyl (C=O) groups is 1. The van der Waals surface area contributed by atoms with E-state index in [0.29, 0.717) is 19.4 Å². The molecular weight excluding hydrogens is 372 g/mol. The maximum atomic E-state index is 12.9. The fraction of sp³-hybridized carbons (Fsp3) is 0.389. The molecule has 6 nitrogen and oxygen atoms in total. The first kappa shape index (κ1) is 18.9. The SMILES string of the molecule is CN(C)c1ccc(-c2ccc(S(=O)(=O)N3CCCC(C(=O)O)C3)s2)cc1. The lowest BCUT2D eigenvalue weighted by atomic mass is 10.0. The zero-order valence-electron chi connectivity index (χ0n) is 14.8. The molecule has 0 radical (unpaired) electrons. The number of carboxylic acids is 1. The molecule has 1 aliphatic heterocycles. The number of piperidine rings is 1. The van der Waals surface area contributed by atoms with Crippen LogP contribution in [0.2, 0.25) is 0 Å². The Bertz CT molecular complexity index is 888. The van der Waals surface area contributed by atoms with Crippen LogP contribution in [0.4, 0.5) is 5.69 Å². The van der Waals surface area contributed by atoms with Crippen molar-refractivity contribution in [3.8, 4) is 10.4 Å². The van der Waals surface area contributed by atoms with E-state index in [1.807, 2.05) is 43.3 Å². The summed E-state index contributed by atoms with van der Waals surface area (Å²) in [5, 5.41) is 9.18. The van der Waals surface area contributed by atoms with Crippen LogP contribution in [-0.2, 0) is 14.8 Å². The summed E-state index contributed by atoms with van der Waals surface area (Å²) < 4.78 is 27.3. The minimum Gasteiger partial charge on any atom is -0.481 e. The fourth-order valence-electron chi connectivity index (χ4n) is 3.03. The van der Waals surface area contributed by atoms with Gasteiger partial charge in [-0.15, -0.1) is 11.3 Å². The first-order valence-electron chi connectivity index (χ1n) is 8.39. The Hall–Kier alpha value is -1.90. The number of rotatable bonds is 5. The van der Waals surface area contributed by atoms with Crippen LogP contribution in [0.3, 0.4) is 0 Å². The summed E-state index contributed by atoms with van der Waals surface area (Å²) in [5.74, 6) is -1.56. The summed E-state index contributed by atoms with van der Waals surface area (Å²) in [5.41, 5.74) is 2.04. The first-order valence-corrected chi connectivity index (χ1v) is 10.7. The van der Waals surface area contributed by atoms with Gasteiger partial charge in [0.25, 0.3) is 10.0 Å². The zero-order valence-corrected chi connectivity index (χ0v) is 16.4. The highest BCUT2D eigenvalue weighted by molar-refractivity contribution is 7.91. The Labute approximate surface area is 157 Å². The van der Waals surface area contributed by atoms with Crippen LogP contribution in [0.5, 0.6) is 0 Å². The number of sulfonamides is 1. The second-order valence-corrected chi connectivity index (χ2v) is 9.85. The number of anilines is 1. The largest absolute Gasteiger partial charge is 0.481 e. The van der Waals surface area contributed by atoms with E-state index >= 15 is 0 Å². The maximum absolute atomic E-state index is 12.9. The van der Waals surface area contributed by atoms with Crippen LogP contribution in [0.25, 0.3) is 10.4 Å². The van der Waals surface area contributed by atoms with Crippen LogP contribution in [0.15, 0.2) is 40.6 Å². The Morgan fingerprint density at radius 2 is 1.88 bits per heavy atom. The van der Waals surface area contributed by atoms with Crippen LogP contribution >= 0.6 is 11.3 Å². The van der Waals surface area contributed by atoms with E-state index in [9.17, 15) is 18.3 Å². The van der Waals surface area contributed by atoms with Gasteiger partial charge in [0.2, 0.25) is 0 Å². The van der Waals surface area contributed by atoms with Gasteiger partial charge >= 0.3 is 5.97 Å². The van der Waals surface area contributed by atoms with Gasteiger partial charge in [-0.3, -0.25) is 4.79 Å². The number of nitrogens with zero attached hydrogens (tertiary/aromatic N) is 2. The number of hydrogen-bond acceptors (Lipinski definition) is 5. The fourth-order valence-corrected chi connectivity index (χ4v) is 6.02. The molecular formula is C18H22N2O4S2. The predicted molar refractivity (Wildman–Crippen MR) is 103 cm³/mol. The van der Waals surface area contributed by atoms with Crippen molar-refractivity contribution in [2.45, 2.75) is 17.1 Å². The molecule has 0 saturated carbocycles. The summed E-state index contributed by atoms with van der Waals surface area (Å²) in [7, 11) is 0.275. The zero-order chi connectivity index (χ0) is 18.9. The topological polar surface area (TPSA) is 77.9 Å². The summed E-state index contributed by atoms with van der Waals surface area (Å²) in [4.78, 5) is 14.1. The average molecular weight is 395 g/mol. The molecule has 1 fully saturated rings. The van der Waals surface area contributed by atoms with Crippen molar-refractivity contribution in [2.24, 2.45) is 5.92 Å². The first-order chi connectivity index (χ1) is 12.3. The number of hydrogen-bond donors (Lipinski definition) is 1. The van der Waals surface area contributed by atoms with Gasteiger partial charge in [0.05, 0.1) is 5.92 Å². The van der Waals surface area contributed by atoms with Crippen molar-refractivity contribution in [3.05, 3.63) is 36.4 Å². The summed E-state index contributed by atoms with van der Waals surface area (Å²) in [6.45, 7) is 0.416. The van der Waals surface area contributed by atoms with Crippen molar-refractivity contribution in [1.29, 1.82) is 0 Å². The molecule has 3 rings (SSSR count). The molecule has 0 aliphatic carbocycles. The third kappa shape index (κ3) is 3.77. The normalized spacial score (nSPS) is 18.6. The molecule has 1 unspecified atom stereocenters. The molecule has 0 amide bonds. The van der Waals surface area contributed by atoms with E-state index in [2.05, 4.69) is 0 Å². The highest BCUT2D eigenvalue weighted by Crippen LogP contribution is 2.34. The minimum absolute atomic E-state index is 0.0441. The Morgan fingerprint density at radius 1 is 1.19 bits per heavy atom. The summed E-state index contributed by atoms with van der Waals surface area (Å²) >= 11 is 1.22. The summed E-state index contributed by atoms with van der Waals surface area (Å²) in [6, 6.07) is 11.3. The number of carboxylic acid groups (broad SMARTS) is 1. The van der Waals surface area contributed by atoms with Crippen molar-refractivity contribution in [2.75, 3.05) is 32.1 Å². The van der Waals surface area contributed by atoms with Crippen LogP contribution < -0.4 is 4.90 Å². The van der Waals surface area contributed by atoms with Gasteiger partial charge in [-0.05, 0) is 42.7 Å². The van der Waals surface area contributed by atoms with E-state index in [-0.39, 0.29) is 10.8 Å². The van der Waals surface area contributed by atoms with E-state index < -0.39 is 21.9 Å². The van der Waals surface area contributed by atoms with Crippen LogP contribution in [-0.4, -0.2) is 51.0 Å². The van der Waals surface area contributed by atoms with Gasteiger partial charge in [0, 0.05) is 37.7 Å². The van der Waals surface area contributed by atoms with E-state index in [1.54, 1.807) is 12.1 Å². The van der Waals surface area contributed by atoms with E-state index in [1.165, 1.54) is 15.6 Å². The van der Waals surface area contributed by atoms with Crippen molar-refractivity contribution in [3.63, 3.8) is 0 Å². The lowest BCUT2D eigenvalue weighted by Gasteiger charge is -2.29. The van der Waals surface area contributed by atoms with Gasteiger partial charge < -0.3 is 10.0 Å². The molecule has 0 bridgehead atoms. The molecule has 1 atom stereocenters. The molecule has 1 aromatic carbocycles. The van der Waals surface area contributed by atoms with Gasteiger partial charge in [0.1, 0.15) is 4.21 Å². The van der Waals surface area contributed by atoms with Crippen LogP contribution in [0, 0.1) is 5.92 Å². The number of thiophene rings is 1. The van der Waals surface area contributed by atoms with Gasteiger partial charge in [-0.1, -0.05) is 12.1 Å². The van der Waals surface area contributed by atoms with Crippen LogP contribution in [0.1, 0.15) is 12.8 Å². The Kier molecular flexibility index (Phi) is 5.36. The molecule has 2 aromatic rings. The molecule has 1 aromatic heterocycles. The lowest BCUT2D eigenvalue weighted by molar-refractivity contribution is -0.142. The van der Waals surface area contributed by atoms with E-state index in [4.69, 9.17) is 0 Å². The standard InChI is InChI=1S/C18H22N2O4S2/c1-19(2)15-7-5-13(6-8-15)16-9-10-17(25-16)26(23,24)20-11-3-4-14(12-20)18(21)22/h5-10,14H,3-4,11-12H2,1-2H3,(H,21,22). The number of benzene rings is 1. The Morgan fingerprint density at radius 3 is 2.50 bits per heavy atom. The van der Waals surface area contributed by atoms with E-state index in [0.717, 1.165) is 16.1 Å². The third-order valence-electron chi connectivity index (χ3n) is 4.58. The molecule has 140 valence electrons. The monoisotopic (exact) mass is 394 g/mol. The maximum Gasteiger partial charge on any atom is 0.307 e. The lowest BCUT2D eigenvalue weighted by Crippen LogP contribution is -2.41. The predicted octanol–water partition coefficient (Wildman–Crippen LogP) is 2.97. The smallest absolute Gasteiger partial charge is 0.307 e. The average Bonchev–Trinajstić information content (AvgIpc) is 3.13. The van der Waals surface area contributed by atoms with Gasteiger partial charge in [-0.25, -0.2) is 8.42 Å². The molecule has 26 heavy (non-hydrogen) atoms. The molecule has 1 saturated heterocycles. The summed E-state index contributed by atoms with van der Waals surface area (Å²) in [6.07, 6.45) is 1.09. The van der Waals surface area contributed by atoms with Crippen molar-refractivity contribution >= 4 is 33.0 Å². The highest BCUT2D eigenvalue weighted by atomic mass is 32.2. The number of aliphatic carboxylic acids is 1. The molecule has 0 spiro atoms. The molecule has 2 heterocycles.